The molecule has 1 fully saturated rings. The van der Waals surface area contributed by atoms with Gasteiger partial charge < -0.3 is 15.5 Å². The van der Waals surface area contributed by atoms with Crippen molar-refractivity contribution >= 4 is 51.2 Å². The number of pyridine rings is 1. The number of likely N-dealkylation sites (tertiary alicyclic amines) is 1. The molecule has 0 bridgehead atoms. The van der Waals surface area contributed by atoms with Crippen molar-refractivity contribution in [3.63, 3.8) is 0 Å². The standard InChI is InChI=1S/C37H40Cl2FN9/c1-37(2,3)48-14-12-27(13-15-48)49-22-33(45-46-49)36(28-9-7-6-8-23(28)21-47(4)5)44-26-16-29-34(43-25-10-11-32(40)30(38)17-25)24(19-41)20-42-35(29)31(39)18-26/h6-11,16-18,20,22,27,36,44H,12-15,21H2,1-5H3,(H,42,43). The van der Waals surface area contributed by atoms with Crippen LogP contribution in [0.2, 0.25) is 10.0 Å². The quantitative estimate of drug-likeness (QED) is 0.158. The van der Waals surface area contributed by atoms with Gasteiger partial charge in [-0.3, -0.25) is 9.88 Å². The molecular formula is C37H40Cl2FN9. The Kier molecular flexibility index (Phi) is 10.1. The van der Waals surface area contributed by atoms with E-state index in [1.807, 2.05) is 43.0 Å². The summed E-state index contributed by atoms with van der Waals surface area (Å²) in [6.45, 7) is 9.52. The van der Waals surface area contributed by atoms with Gasteiger partial charge in [0.25, 0.3) is 0 Å². The zero-order chi connectivity index (χ0) is 34.9. The third-order valence-corrected chi connectivity index (χ3v) is 9.59. The van der Waals surface area contributed by atoms with Crippen LogP contribution in [0.5, 0.6) is 0 Å². The smallest absolute Gasteiger partial charge is 0.141 e. The van der Waals surface area contributed by atoms with Crippen LogP contribution >= 0.6 is 23.2 Å². The highest BCUT2D eigenvalue weighted by molar-refractivity contribution is 6.36. The van der Waals surface area contributed by atoms with Gasteiger partial charge in [-0.1, -0.05) is 52.7 Å². The van der Waals surface area contributed by atoms with E-state index in [1.165, 1.54) is 18.3 Å². The highest BCUT2D eigenvalue weighted by atomic mass is 35.5. The lowest BCUT2D eigenvalue weighted by Crippen LogP contribution is -2.46. The number of piperidine rings is 1. The van der Waals surface area contributed by atoms with Gasteiger partial charge in [0.1, 0.15) is 17.6 Å². The normalized spacial score (nSPS) is 15.0. The Morgan fingerprint density at radius 3 is 2.47 bits per heavy atom. The number of rotatable bonds is 9. The van der Waals surface area contributed by atoms with Crippen molar-refractivity contribution in [2.24, 2.45) is 0 Å². The number of fused-ring (bicyclic) bond motifs is 1. The summed E-state index contributed by atoms with van der Waals surface area (Å²) in [6, 6.07) is 18.5. The molecule has 2 N–H and O–H groups in total. The Morgan fingerprint density at radius 2 is 1.78 bits per heavy atom. The molecule has 1 atom stereocenters. The number of benzene rings is 3. The van der Waals surface area contributed by atoms with Crippen molar-refractivity contribution in [3.05, 3.63) is 105 Å². The number of nitrogens with one attached hydrogen (secondary N) is 2. The molecule has 0 aliphatic carbocycles. The van der Waals surface area contributed by atoms with Gasteiger partial charge in [-0.05, 0) is 89.2 Å². The van der Waals surface area contributed by atoms with Crippen LogP contribution in [0, 0.1) is 17.1 Å². The number of nitriles is 1. The van der Waals surface area contributed by atoms with Gasteiger partial charge in [-0.15, -0.1) is 5.10 Å². The first-order chi connectivity index (χ1) is 23.4. The molecule has 12 heteroatoms. The summed E-state index contributed by atoms with van der Waals surface area (Å²) in [5, 5.41) is 27.3. The summed E-state index contributed by atoms with van der Waals surface area (Å²) >= 11 is 13.0. The van der Waals surface area contributed by atoms with Gasteiger partial charge >= 0.3 is 0 Å². The zero-order valence-corrected chi connectivity index (χ0v) is 29.8. The van der Waals surface area contributed by atoms with Crippen LogP contribution in [0.25, 0.3) is 10.9 Å². The van der Waals surface area contributed by atoms with Crippen molar-refractivity contribution in [2.45, 2.75) is 57.8 Å². The first-order valence-electron chi connectivity index (χ1n) is 16.3. The van der Waals surface area contributed by atoms with Gasteiger partial charge in [0.2, 0.25) is 0 Å². The summed E-state index contributed by atoms with van der Waals surface area (Å²) in [7, 11) is 4.09. The number of aromatic nitrogens is 4. The van der Waals surface area contributed by atoms with Crippen LogP contribution in [0.3, 0.4) is 0 Å². The lowest BCUT2D eigenvalue weighted by molar-refractivity contribution is 0.0866. The molecule has 3 aromatic carbocycles. The van der Waals surface area contributed by atoms with Crippen LogP contribution in [-0.2, 0) is 6.54 Å². The third-order valence-electron chi connectivity index (χ3n) is 9.01. The van der Waals surface area contributed by atoms with Gasteiger partial charge in [0.15, 0.2) is 0 Å². The second kappa shape index (κ2) is 14.3. The predicted molar refractivity (Wildman–Crippen MR) is 195 cm³/mol. The molecule has 2 aromatic heterocycles. The fraction of sp³-hybridized carbons (Fsp3) is 0.351. The number of nitrogens with zero attached hydrogens (tertiary/aromatic N) is 7. The molecule has 0 radical (unpaired) electrons. The summed E-state index contributed by atoms with van der Waals surface area (Å²) in [6.07, 6.45) is 5.53. The fourth-order valence-electron chi connectivity index (χ4n) is 6.46. The molecule has 49 heavy (non-hydrogen) atoms. The SMILES string of the molecule is CN(C)Cc1ccccc1C(Nc1cc(Cl)c2ncc(C#N)c(Nc3ccc(F)c(Cl)c3)c2c1)c1cn(C2CCN(C(C)(C)C)CC2)nn1. The maximum Gasteiger partial charge on any atom is 0.141 e. The van der Waals surface area contributed by atoms with Gasteiger partial charge in [-0.25, -0.2) is 9.07 Å². The monoisotopic (exact) mass is 699 g/mol. The van der Waals surface area contributed by atoms with Gasteiger partial charge in [-0.2, -0.15) is 5.26 Å². The minimum atomic E-state index is -0.533. The van der Waals surface area contributed by atoms with Gasteiger partial charge in [0.05, 0.1) is 45.1 Å². The number of hydrogen-bond acceptors (Lipinski definition) is 8. The Labute approximate surface area is 296 Å². The van der Waals surface area contributed by atoms with Crippen LogP contribution in [0.15, 0.2) is 67.0 Å². The predicted octanol–water partition coefficient (Wildman–Crippen LogP) is 8.59. The average Bonchev–Trinajstić information content (AvgIpc) is 3.56. The summed E-state index contributed by atoms with van der Waals surface area (Å²) in [5.41, 5.74) is 5.64. The molecule has 0 amide bonds. The number of halogens is 3. The highest BCUT2D eigenvalue weighted by Gasteiger charge is 2.29. The Bertz CT molecular complexity index is 2010. The van der Waals surface area contributed by atoms with E-state index >= 15 is 0 Å². The van der Waals surface area contributed by atoms with Gasteiger partial charge in [0, 0.05) is 48.1 Å². The molecular weight excluding hydrogens is 660 g/mol. The van der Waals surface area contributed by atoms with E-state index in [2.05, 4.69) is 75.8 Å². The minimum absolute atomic E-state index is 0.0331. The first-order valence-corrected chi connectivity index (χ1v) is 17.1. The molecule has 9 nitrogen and oxygen atoms in total. The number of anilines is 3. The van der Waals surface area contributed by atoms with Crippen LogP contribution in [0.4, 0.5) is 21.5 Å². The molecule has 5 aromatic rings. The van der Waals surface area contributed by atoms with E-state index in [1.54, 1.807) is 6.07 Å². The number of hydrogen-bond donors (Lipinski definition) is 2. The van der Waals surface area contributed by atoms with E-state index in [0.29, 0.717) is 38.6 Å². The maximum absolute atomic E-state index is 13.9. The molecule has 6 rings (SSSR count). The van der Waals surface area contributed by atoms with Crippen molar-refractivity contribution in [2.75, 3.05) is 37.8 Å². The summed E-state index contributed by atoms with van der Waals surface area (Å²) in [4.78, 5) is 9.16. The molecule has 254 valence electrons. The van der Waals surface area contributed by atoms with Crippen molar-refractivity contribution in [1.29, 1.82) is 5.26 Å². The van der Waals surface area contributed by atoms with Crippen LogP contribution in [-0.4, -0.2) is 62.5 Å². The molecule has 0 saturated carbocycles. The minimum Gasteiger partial charge on any atom is -0.373 e. The summed E-state index contributed by atoms with van der Waals surface area (Å²) in [5.74, 6) is -0.533. The van der Waals surface area contributed by atoms with Crippen LogP contribution in [0.1, 0.15) is 68.1 Å². The Morgan fingerprint density at radius 1 is 1.04 bits per heavy atom. The van der Waals surface area contributed by atoms with E-state index in [0.717, 1.165) is 49.3 Å². The van der Waals surface area contributed by atoms with E-state index < -0.39 is 5.82 Å². The molecule has 0 spiro atoms. The summed E-state index contributed by atoms with van der Waals surface area (Å²) < 4.78 is 16.0. The molecule has 1 aliphatic rings. The second-order valence-corrected chi connectivity index (χ2v) is 14.6. The Hall–Kier alpha value is -4.27. The molecule has 1 aliphatic heterocycles. The lowest BCUT2D eigenvalue weighted by Gasteiger charge is -2.40. The van der Waals surface area contributed by atoms with Crippen LogP contribution < -0.4 is 10.6 Å². The van der Waals surface area contributed by atoms with Crippen molar-refractivity contribution < 1.29 is 4.39 Å². The van der Waals surface area contributed by atoms with E-state index in [-0.39, 0.29) is 22.6 Å². The second-order valence-electron chi connectivity index (χ2n) is 13.8. The maximum atomic E-state index is 13.9. The van der Waals surface area contributed by atoms with Crippen molar-refractivity contribution in [1.82, 2.24) is 29.8 Å². The van der Waals surface area contributed by atoms with E-state index in [9.17, 15) is 9.65 Å². The molecule has 3 heterocycles. The fourth-order valence-corrected chi connectivity index (χ4v) is 6.91. The Balaban J connectivity index is 1.40. The third kappa shape index (κ3) is 7.66. The van der Waals surface area contributed by atoms with E-state index in [4.69, 9.17) is 28.3 Å². The average molecular weight is 701 g/mol. The topological polar surface area (TPSA) is 97.9 Å². The first kappa shape index (κ1) is 34.6. The zero-order valence-electron chi connectivity index (χ0n) is 28.3. The largest absolute Gasteiger partial charge is 0.373 e. The lowest BCUT2D eigenvalue weighted by atomic mass is 9.96. The van der Waals surface area contributed by atoms with Crippen molar-refractivity contribution in [3.8, 4) is 6.07 Å². The highest BCUT2D eigenvalue weighted by Crippen LogP contribution is 2.38. The molecule has 1 saturated heterocycles. The molecule has 1 unspecified atom stereocenters.